The van der Waals surface area contributed by atoms with Crippen molar-refractivity contribution in [1.29, 1.82) is 0 Å². The molecule has 1 unspecified atom stereocenters. The van der Waals surface area contributed by atoms with Crippen molar-refractivity contribution in [2.45, 2.75) is 25.9 Å². The van der Waals surface area contributed by atoms with Gasteiger partial charge < -0.3 is 20.6 Å². The number of rotatable bonds is 6. The average Bonchev–Trinajstić information content (AvgIpc) is 3.01. The SMILES string of the molecule is COCCC(N)c1cnc2cc(CN)c(-c3ccc(C)cc3Cl)cn12. The number of aryl methyl sites for hydroxylation is 1. The summed E-state index contributed by atoms with van der Waals surface area (Å²) >= 11 is 6.48. The van der Waals surface area contributed by atoms with Crippen LogP contribution >= 0.6 is 11.6 Å². The van der Waals surface area contributed by atoms with Crippen molar-refractivity contribution in [2.24, 2.45) is 11.5 Å². The van der Waals surface area contributed by atoms with E-state index in [1.165, 1.54) is 0 Å². The van der Waals surface area contributed by atoms with E-state index in [-0.39, 0.29) is 6.04 Å². The molecule has 0 saturated carbocycles. The molecule has 0 aliphatic rings. The van der Waals surface area contributed by atoms with E-state index in [9.17, 15) is 0 Å². The fourth-order valence-electron chi connectivity index (χ4n) is 3.00. The second-order valence-electron chi connectivity index (χ2n) is 6.20. The average molecular weight is 359 g/mol. The van der Waals surface area contributed by atoms with Crippen LogP contribution in [-0.4, -0.2) is 23.1 Å². The highest BCUT2D eigenvalue weighted by molar-refractivity contribution is 6.33. The van der Waals surface area contributed by atoms with Crippen LogP contribution in [0.1, 0.15) is 29.3 Å². The fraction of sp³-hybridized carbons (Fsp3) is 0.316. The summed E-state index contributed by atoms with van der Waals surface area (Å²) in [5.41, 5.74) is 18.1. The number of nitrogens with two attached hydrogens (primary N) is 2. The zero-order valence-electron chi connectivity index (χ0n) is 14.5. The molecule has 0 fully saturated rings. The predicted octanol–water partition coefficient (Wildman–Crippen LogP) is 3.46. The van der Waals surface area contributed by atoms with Crippen molar-refractivity contribution in [3.63, 3.8) is 0 Å². The number of methoxy groups -OCH3 is 1. The van der Waals surface area contributed by atoms with Crippen LogP contribution < -0.4 is 11.5 Å². The van der Waals surface area contributed by atoms with E-state index in [0.29, 0.717) is 18.2 Å². The summed E-state index contributed by atoms with van der Waals surface area (Å²) in [6, 6.07) is 7.88. The van der Waals surface area contributed by atoms with Crippen LogP contribution in [0.3, 0.4) is 0 Å². The van der Waals surface area contributed by atoms with Crippen molar-refractivity contribution >= 4 is 17.2 Å². The van der Waals surface area contributed by atoms with Crippen molar-refractivity contribution in [3.05, 3.63) is 58.5 Å². The van der Waals surface area contributed by atoms with Crippen LogP contribution in [0.25, 0.3) is 16.8 Å². The summed E-state index contributed by atoms with van der Waals surface area (Å²) < 4.78 is 7.15. The highest BCUT2D eigenvalue weighted by Gasteiger charge is 2.16. The molecular weight excluding hydrogens is 336 g/mol. The molecule has 3 aromatic rings. The van der Waals surface area contributed by atoms with Gasteiger partial charge in [-0.05, 0) is 36.6 Å². The Labute approximate surface area is 152 Å². The number of pyridine rings is 1. The maximum Gasteiger partial charge on any atom is 0.137 e. The maximum atomic E-state index is 6.48. The van der Waals surface area contributed by atoms with Gasteiger partial charge >= 0.3 is 0 Å². The third kappa shape index (κ3) is 3.55. The van der Waals surface area contributed by atoms with E-state index in [0.717, 1.165) is 40.0 Å². The van der Waals surface area contributed by atoms with Crippen LogP contribution in [0.15, 0.2) is 36.7 Å². The van der Waals surface area contributed by atoms with E-state index in [2.05, 4.69) is 4.98 Å². The number of nitrogens with zero attached hydrogens (tertiary/aromatic N) is 2. The van der Waals surface area contributed by atoms with Crippen LogP contribution in [0.4, 0.5) is 0 Å². The topological polar surface area (TPSA) is 78.6 Å². The minimum atomic E-state index is -0.153. The Morgan fingerprint density at radius 2 is 2.08 bits per heavy atom. The van der Waals surface area contributed by atoms with E-state index in [1.807, 2.05) is 48.0 Å². The Morgan fingerprint density at radius 1 is 1.28 bits per heavy atom. The molecule has 0 radical (unpaired) electrons. The van der Waals surface area contributed by atoms with Gasteiger partial charge in [0.15, 0.2) is 0 Å². The number of aromatic nitrogens is 2. The monoisotopic (exact) mass is 358 g/mol. The maximum absolute atomic E-state index is 6.48. The number of imidazole rings is 1. The first-order chi connectivity index (χ1) is 12.0. The molecule has 3 rings (SSSR count). The van der Waals surface area contributed by atoms with Crippen molar-refractivity contribution in [3.8, 4) is 11.1 Å². The van der Waals surface area contributed by atoms with Crippen LogP contribution in [-0.2, 0) is 11.3 Å². The van der Waals surface area contributed by atoms with E-state index in [1.54, 1.807) is 7.11 Å². The molecule has 0 spiro atoms. The van der Waals surface area contributed by atoms with Gasteiger partial charge in [0.25, 0.3) is 0 Å². The van der Waals surface area contributed by atoms with Crippen molar-refractivity contribution in [2.75, 3.05) is 13.7 Å². The Balaban J connectivity index is 2.14. The molecule has 25 heavy (non-hydrogen) atoms. The molecule has 4 N–H and O–H groups in total. The highest BCUT2D eigenvalue weighted by Crippen LogP contribution is 2.32. The normalized spacial score (nSPS) is 12.7. The molecule has 0 amide bonds. The van der Waals surface area contributed by atoms with E-state index < -0.39 is 0 Å². The number of ether oxygens (including phenoxy) is 1. The highest BCUT2D eigenvalue weighted by atomic mass is 35.5. The third-order valence-electron chi connectivity index (χ3n) is 4.41. The van der Waals surface area contributed by atoms with Crippen molar-refractivity contribution < 1.29 is 4.74 Å². The van der Waals surface area contributed by atoms with Gasteiger partial charge in [-0.1, -0.05) is 23.7 Å². The minimum absolute atomic E-state index is 0.153. The Morgan fingerprint density at radius 3 is 2.76 bits per heavy atom. The number of benzene rings is 1. The first-order valence-corrected chi connectivity index (χ1v) is 8.64. The fourth-order valence-corrected chi connectivity index (χ4v) is 3.34. The Kier molecular flexibility index (Phi) is 5.39. The van der Waals surface area contributed by atoms with Gasteiger partial charge in [-0.2, -0.15) is 0 Å². The lowest BCUT2D eigenvalue weighted by atomic mass is 10.0. The predicted molar refractivity (Wildman–Crippen MR) is 102 cm³/mol. The van der Waals surface area contributed by atoms with E-state index >= 15 is 0 Å². The molecule has 0 saturated heterocycles. The number of halogens is 1. The summed E-state index contributed by atoms with van der Waals surface area (Å²) in [4.78, 5) is 4.48. The van der Waals surface area contributed by atoms with Gasteiger partial charge in [0.1, 0.15) is 5.65 Å². The van der Waals surface area contributed by atoms with Gasteiger partial charge in [0.2, 0.25) is 0 Å². The first-order valence-electron chi connectivity index (χ1n) is 8.26. The van der Waals surface area contributed by atoms with Gasteiger partial charge in [-0.25, -0.2) is 4.98 Å². The Bertz CT molecular complexity index is 891. The summed E-state index contributed by atoms with van der Waals surface area (Å²) in [6.07, 6.45) is 4.57. The summed E-state index contributed by atoms with van der Waals surface area (Å²) in [7, 11) is 1.67. The van der Waals surface area contributed by atoms with Gasteiger partial charge in [-0.3, -0.25) is 0 Å². The zero-order chi connectivity index (χ0) is 18.0. The van der Waals surface area contributed by atoms with Gasteiger partial charge in [0.05, 0.1) is 11.9 Å². The second-order valence-corrected chi connectivity index (χ2v) is 6.61. The third-order valence-corrected chi connectivity index (χ3v) is 4.72. The zero-order valence-corrected chi connectivity index (χ0v) is 15.3. The lowest BCUT2D eigenvalue weighted by Gasteiger charge is -2.15. The molecule has 0 aliphatic carbocycles. The standard InChI is InChI=1S/C19H23ClN4O/c1-12-3-4-14(16(20)7-12)15-11-24-18(17(22)5-6-25-2)10-23-19(24)8-13(15)9-21/h3-4,7-8,10-11,17H,5-6,9,21-22H2,1-2H3. The first kappa shape index (κ1) is 17.9. The van der Waals surface area contributed by atoms with Crippen LogP contribution in [0.2, 0.25) is 5.02 Å². The molecule has 132 valence electrons. The van der Waals surface area contributed by atoms with Crippen LogP contribution in [0.5, 0.6) is 0 Å². The van der Waals surface area contributed by atoms with E-state index in [4.69, 9.17) is 27.8 Å². The van der Waals surface area contributed by atoms with Gasteiger partial charge in [0, 0.05) is 48.6 Å². The minimum Gasteiger partial charge on any atom is -0.385 e. The molecule has 2 aromatic heterocycles. The summed E-state index contributed by atoms with van der Waals surface area (Å²) in [5.74, 6) is 0. The number of fused-ring (bicyclic) bond motifs is 1. The molecule has 2 heterocycles. The van der Waals surface area contributed by atoms with Crippen LogP contribution in [0, 0.1) is 6.92 Å². The molecule has 0 bridgehead atoms. The van der Waals surface area contributed by atoms with Crippen molar-refractivity contribution in [1.82, 2.24) is 9.38 Å². The number of hydrogen-bond acceptors (Lipinski definition) is 4. The largest absolute Gasteiger partial charge is 0.385 e. The quantitative estimate of drug-likeness (QED) is 0.707. The Hall–Kier alpha value is -1.92. The molecule has 1 aromatic carbocycles. The summed E-state index contributed by atoms with van der Waals surface area (Å²) in [5, 5.41) is 0.708. The smallest absolute Gasteiger partial charge is 0.137 e. The van der Waals surface area contributed by atoms with Gasteiger partial charge in [-0.15, -0.1) is 0 Å². The lowest BCUT2D eigenvalue weighted by molar-refractivity contribution is 0.187. The second kappa shape index (κ2) is 7.54. The summed E-state index contributed by atoms with van der Waals surface area (Å²) in [6.45, 7) is 3.03. The molecule has 6 heteroatoms. The molecule has 5 nitrogen and oxygen atoms in total. The molecular formula is C19H23ClN4O. The number of hydrogen-bond donors (Lipinski definition) is 2. The molecule has 1 atom stereocenters. The lowest BCUT2D eigenvalue weighted by Crippen LogP contribution is -2.15. The molecule has 0 aliphatic heterocycles.